The summed E-state index contributed by atoms with van der Waals surface area (Å²) in [5, 5.41) is 9.58. The van der Waals surface area contributed by atoms with Gasteiger partial charge in [-0.2, -0.15) is 0 Å². The van der Waals surface area contributed by atoms with Gasteiger partial charge in [0.2, 0.25) is 5.91 Å². The van der Waals surface area contributed by atoms with Gasteiger partial charge in [-0.05, 0) is 12.3 Å². The van der Waals surface area contributed by atoms with Crippen molar-refractivity contribution in [2.24, 2.45) is 11.8 Å². The van der Waals surface area contributed by atoms with E-state index >= 15 is 0 Å². The summed E-state index contributed by atoms with van der Waals surface area (Å²) in [5.74, 6) is 0.530. The van der Waals surface area contributed by atoms with Gasteiger partial charge >= 0.3 is 0 Å². The number of aliphatic hydroxyl groups is 1. The molecular weight excluding hydrogens is 166 g/mol. The van der Waals surface area contributed by atoms with Gasteiger partial charge in [0.05, 0.1) is 6.10 Å². The maximum atomic E-state index is 11.6. The number of rotatable bonds is 1. The van der Waals surface area contributed by atoms with Gasteiger partial charge in [-0.25, -0.2) is 0 Å². The van der Waals surface area contributed by atoms with Crippen molar-refractivity contribution in [3.63, 3.8) is 0 Å². The molecule has 0 spiro atoms. The van der Waals surface area contributed by atoms with E-state index in [1.807, 2.05) is 20.8 Å². The number of nitrogens with zero attached hydrogens (tertiary/aromatic N) is 1. The monoisotopic (exact) mass is 185 g/mol. The molecule has 1 rings (SSSR count). The van der Waals surface area contributed by atoms with Crippen LogP contribution in [0.2, 0.25) is 0 Å². The van der Waals surface area contributed by atoms with E-state index in [2.05, 4.69) is 0 Å². The molecule has 2 atom stereocenters. The maximum Gasteiger partial charge on any atom is 0.225 e. The Balaban J connectivity index is 2.50. The Hall–Kier alpha value is -0.570. The largest absolute Gasteiger partial charge is 0.391 e. The average molecular weight is 185 g/mol. The van der Waals surface area contributed by atoms with Crippen molar-refractivity contribution in [2.45, 2.75) is 33.3 Å². The molecule has 76 valence electrons. The number of carbonyl (C=O) groups excluding carboxylic acids is 1. The van der Waals surface area contributed by atoms with Crippen LogP contribution in [0.15, 0.2) is 0 Å². The molecule has 1 amide bonds. The van der Waals surface area contributed by atoms with Crippen LogP contribution in [0.25, 0.3) is 0 Å². The zero-order valence-corrected chi connectivity index (χ0v) is 8.66. The molecule has 0 aromatic carbocycles. The van der Waals surface area contributed by atoms with Crippen LogP contribution in [-0.4, -0.2) is 35.1 Å². The molecule has 1 N–H and O–H groups in total. The first kappa shape index (κ1) is 10.5. The number of piperidine rings is 1. The van der Waals surface area contributed by atoms with E-state index in [0.29, 0.717) is 12.5 Å². The summed E-state index contributed by atoms with van der Waals surface area (Å²) in [5.41, 5.74) is 0. The fraction of sp³-hybridized carbons (Fsp3) is 0.900. The third-order valence-electron chi connectivity index (χ3n) is 2.72. The summed E-state index contributed by atoms with van der Waals surface area (Å²) in [6.45, 7) is 7.13. The summed E-state index contributed by atoms with van der Waals surface area (Å²) in [6, 6.07) is 0. The molecule has 1 fully saturated rings. The van der Waals surface area contributed by atoms with E-state index in [0.717, 1.165) is 13.0 Å². The van der Waals surface area contributed by atoms with Crippen molar-refractivity contribution in [3.8, 4) is 0 Å². The van der Waals surface area contributed by atoms with E-state index in [-0.39, 0.29) is 17.9 Å². The van der Waals surface area contributed by atoms with E-state index < -0.39 is 0 Å². The quantitative estimate of drug-likeness (QED) is 0.658. The molecule has 0 aromatic heterocycles. The lowest BCUT2D eigenvalue weighted by Crippen LogP contribution is -2.47. The van der Waals surface area contributed by atoms with Crippen LogP contribution in [-0.2, 0) is 4.79 Å². The van der Waals surface area contributed by atoms with Gasteiger partial charge in [0.1, 0.15) is 0 Å². The number of hydrogen-bond acceptors (Lipinski definition) is 2. The molecule has 0 aromatic rings. The average Bonchev–Trinajstić information content (AvgIpc) is 2.08. The van der Waals surface area contributed by atoms with Crippen molar-refractivity contribution >= 4 is 5.91 Å². The molecule has 13 heavy (non-hydrogen) atoms. The van der Waals surface area contributed by atoms with Gasteiger partial charge in [-0.15, -0.1) is 0 Å². The summed E-state index contributed by atoms with van der Waals surface area (Å²) in [7, 11) is 0. The summed E-state index contributed by atoms with van der Waals surface area (Å²) in [4.78, 5) is 13.3. The zero-order valence-electron chi connectivity index (χ0n) is 8.66. The third kappa shape index (κ3) is 2.44. The van der Waals surface area contributed by atoms with Crippen LogP contribution in [0.1, 0.15) is 27.2 Å². The van der Waals surface area contributed by atoms with Crippen molar-refractivity contribution < 1.29 is 9.90 Å². The van der Waals surface area contributed by atoms with Gasteiger partial charge in [0.25, 0.3) is 0 Å². The molecule has 3 heteroatoms. The Kier molecular flexibility index (Phi) is 3.31. The van der Waals surface area contributed by atoms with E-state index in [1.165, 1.54) is 0 Å². The summed E-state index contributed by atoms with van der Waals surface area (Å²) >= 11 is 0. The molecule has 3 nitrogen and oxygen atoms in total. The Labute approximate surface area is 79.7 Å². The first-order valence-electron chi connectivity index (χ1n) is 4.99. The van der Waals surface area contributed by atoms with E-state index in [4.69, 9.17) is 0 Å². The number of hydrogen-bond donors (Lipinski definition) is 1. The molecule has 1 heterocycles. The van der Waals surface area contributed by atoms with Gasteiger partial charge in [0, 0.05) is 19.0 Å². The molecule has 1 aliphatic heterocycles. The molecule has 2 unspecified atom stereocenters. The highest BCUT2D eigenvalue weighted by atomic mass is 16.3. The second-order valence-electron chi connectivity index (χ2n) is 4.27. The molecule has 0 radical (unpaired) electrons. The number of amides is 1. The number of aliphatic hydroxyl groups excluding tert-OH is 1. The third-order valence-corrected chi connectivity index (χ3v) is 2.72. The van der Waals surface area contributed by atoms with Crippen molar-refractivity contribution in [3.05, 3.63) is 0 Å². The Morgan fingerprint density at radius 1 is 1.54 bits per heavy atom. The lowest BCUT2D eigenvalue weighted by atomic mass is 9.95. The van der Waals surface area contributed by atoms with Gasteiger partial charge in [-0.1, -0.05) is 20.8 Å². The highest BCUT2D eigenvalue weighted by molar-refractivity contribution is 5.78. The van der Waals surface area contributed by atoms with Gasteiger partial charge in [0.15, 0.2) is 0 Å². The standard InChI is InChI=1S/C10H19NO2/c1-7(2)10(13)11-5-4-8(3)9(12)6-11/h7-9,12H,4-6H2,1-3H3. The first-order chi connectivity index (χ1) is 6.02. The fourth-order valence-electron chi connectivity index (χ4n) is 1.61. The topological polar surface area (TPSA) is 40.5 Å². The molecule has 0 saturated carbocycles. The Morgan fingerprint density at radius 3 is 2.62 bits per heavy atom. The van der Waals surface area contributed by atoms with Crippen LogP contribution in [0.3, 0.4) is 0 Å². The van der Waals surface area contributed by atoms with Crippen LogP contribution >= 0.6 is 0 Å². The van der Waals surface area contributed by atoms with Crippen LogP contribution in [0.5, 0.6) is 0 Å². The second kappa shape index (κ2) is 4.09. The van der Waals surface area contributed by atoms with E-state index in [9.17, 15) is 9.90 Å². The molecule has 1 saturated heterocycles. The minimum absolute atomic E-state index is 0.0422. The summed E-state index contributed by atoms with van der Waals surface area (Å²) < 4.78 is 0. The number of carbonyl (C=O) groups is 1. The van der Waals surface area contributed by atoms with Crippen LogP contribution in [0, 0.1) is 11.8 Å². The van der Waals surface area contributed by atoms with Crippen LogP contribution < -0.4 is 0 Å². The van der Waals surface area contributed by atoms with Crippen molar-refractivity contribution in [2.75, 3.05) is 13.1 Å². The van der Waals surface area contributed by atoms with E-state index in [1.54, 1.807) is 4.90 Å². The minimum Gasteiger partial charge on any atom is -0.391 e. The van der Waals surface area contributed by atoms with Crippen molar-refractivity contribution in [1.29, 1.82) is 0 Å². The molecule has 0 bridgehead atoms. The normalized spacial score (nSPS) is 29.5. The van der Waals surface area contributed by atoms with Crippen LogP contribution in [0.4, 0.5) is 0 Å². The highest BCUT2D eigenvalue weighted by Crippen LogP contribution is 2.18. The second-order valence-corrected chi connectivity index (χ2v) is 4.27. The SMILES string of the molecule is CC(C)C(=O)N1CCC(C)C(O)C1. The van der Waals surface area contributed by atoms with Crippen molar-refractivity contribution in [1.82, 2.24) is 4.90 Å². The Morgan fingerprint density at radius 2 is 2.15 bits per heavy atom. The number of likely N-dealkylation sites (tertiary alicyclic amines) is 1. The fourth-order valence-corrected chi connectivity index (χ4v) is 1.61. The highest BCUT2D eigenvalue weighted by Gasteiger charge is 2.27. The zero-order chi connectivity index (χ0) is 10.0. The Bertz CT molecular complexity index is 191. The smallest absolute Gasteiger partial charge is 0.225 e. The molecular formula is C10H19NO2. The summed E-state index contributed by atoms with van der Waals surface area (Å²) in [6.07, 6.45) is 0.580. The first-order valence-corrected chi connectivity index (χ1v) is 4.99. The molecule has 0 aliphatic carbocycles. The lowest BCUT2D eigenvalue weighted by molar-refractivity contribution is -0.138. The number of β-amino-alcohol motifs (C(OH)–C–C–N with tert-alkyl or cyclic N) is 1. The predicted molar refractivity (Wildman–Crippen MR) is 51.2 cm³/mol. The maximum absolute atomic E-state index is 11.6. The van der Waals surface area contributed by atoms with Gasteiger partial charge < -0.3 is 10.0 Å². The minimum atomic E-state index is -0.337. The molecule has 1 aliphatic rings. The van der Waals surface area contributed by atoms with Gasteiger partial charge in [-0.3, -0.25) is 4.79 Å². The predicted octanol–water partition coefficient (Wildman–Crippen LogP) is 0.872. The lowest BCUT2D eigenvalue weighted by Gasteiger charge is -2.35.